The lowest BCUT2D eigenvalue weighted by atomic mass is 9.75. The summed E-state index contributed by atoms with van der Waals surface area (Å²) in [5.41, 5.74) is -0.497. The van der Waals surface area contributed by atoms with Crippen molar-refractivity contribution in [2.75, 3.05) is 24.6 Å². The highest BCUT2D eigenvalue weighted by Gasteiger charge is 2.49. The van der Waals surface area contributed by atoms with Gasteiger partial charge in [0.05, 0.1) is 23.9 Å². The number of aliphatic hydroxyl groups is 1. The molecule has 8 heteroatoms. The van der Waals surface area contributed by atoms with Gasteiger partial charge in [-0.15, -0.1) is 0 Å². The van der Waals surface area contributed by atoms with Crippen LogP contribution in [-0.2, 0) is 9.53 Å². The molecular weight excluding hydrogens is 372 g/mol. The minimum Gasteiger partial charge on any atom is -0.388 e. The van der Waals surface area contributed by atoms with Gasteiger partial charge in [0.1, 0.15) is 0 Å². The van der Waals surface area contributed by atoms with E-state index >= 15 is 0 Å². The smallest absolute Gasteiger partial charge is 0.266 e. The van der Waals surface area contributed by atoms with Crippen LogP contribution in [0.25, 0.3) is 11.5 Å². The third-order valence-corrected chi connectivity index (χ3v) is 6.04. The van der Waals surface area contributed by atoms with Crippen LogP contribution in [0.15, 0.2) is 34.9 Å². The van der Waals surface area contributed by atoms with Gasteiger partial charge in [-0.25, -0.2) is 0 Å². The summed E-state index contributed by atoms with van der Waals surface area (Å²) in [6.45, 7) is 5.34. The number of ether oxygens (including phenoxy) is 1. The number of nitrogens with one attached hydrogen (secondary N) is 1. The maximum Gasteiger partial charge on any atom is 0.266 e. The molecule has 1 amide bonds. The van der Waals surface area contributed by atoms with Crippen molar-refractivity contribution in [2.24, 2.45) is 0 Å². The number of hydrogen-bond donors (Lipinski definition) is 2. The fraction of sp³-hybridized carbons (Fsp3) is 0.571. The fourth-order valence-corrected chi connectivity index (χ4v) is 4.24. The molecule has 1 aromatic carbocycles. The van der Waals surface area contributed by atoms with Crippen LogP contribution < -0.4 is 10.2 Å². The predicted molar refractivity (Wildman–Crippen MR) is 107 cm³/mol. The van der Waals surface area contributed by atoms with E-state index in [4.69, 9.17) is 9.26 Å². The Hall–Kier alpha value is -2.45. The summed E-state index contributed by atoms with van der Waals surface area (Å²) in [7, 11) is 0. The number of rotatable bonds is 4. The van der Waals surface area contributed by atoms with E-state index < -0.39 is 5.60 Å². The van der Waals surface area contributed by atoms with Gasteiger partial charge in [0.15, 0.2) is 0 Å². The van der Waals surface area contributed by atoms with Crippen LogP contribution in [0, 0.1) is 0 Å². The lowest BCUT2D eigenvalue weighted by Gasteiger charge is -2.51. The molecular formula is C21H28N4O4. The number of nitrogens with zero attached hydrogens (tertiary/aromatic N) is 3. The normalized spacial score (nSPS) is 26.4. The second-order valence-corrected chi connectivity index (χ2v) is 8.25. The Kier molecular flexibility index (Phi) is 5.31. The molecule has 0 bridgehead atoms. The molecule has 2 aliphatic rings. The Balaban J connectivity index is 1.38. The van der Waals surface area contributed by atoms with Crippen LogP contribution in [0.3, 0.4) is 0 Å². The highest BCUT2D eigenvalue weighted by Crippen LogP contribution is 2.40. The Morgan fingerprint density at radius 2 is 2.03 bits per heavy atom. The van der Waals surface area contributed by atoms with E-state index in [0.29, 0.717) is 31.3 Å². The maximum atomic E-state index is 11.7. The van der Waals surface area contributed by atoms with Crippen molar-refractivity contribution in [3.05, 3.63) is 30.3 Å². The van der Waals surface area contributed by atoms with Crippen molar-refractivity contribution in [3.63, 3.8) is 0 Å². The lowest BCUT2D eigenvalue weighted by Crippen LogP contribution is -2.64. The standard InChI is InChI=1S/C21H28N4O4/c1-3-17(26)22-16-13-28-21(14-20(16,2)27)9-11-25(12-10-21)19-23-18(29-24-19)15-7-5-4-6-8-15/h4-8,16,27H,3,9-14H2,1-2H3,(H,22,26)/t16-,20-/m0/s1. The topological polar surface area (TPSA) is 101 Å². The molecule has 0 radical (unpaired) electrons. The largest absolute Gasteiger partial charge is 0.388 e. The van der Waals surface area contributed by atoms with Crippen molar-refractivity contribution in [1.82, 2.24) is 15.5 Å². The van der Waals surface area contributed by atoms with Crippen LogP contribution in [0.2, 0.25) is 0 Å². The van der Waals surface area contributed by atoms with Gasteiger partial charge in [0.2, 0.25) is 5.91 Å². The molecule has 0 saturated carbocycles. The van der Waals surface area contributed by atoms with Gasteiger partial charge in [-0.1, -0.05) is 25.1 Å². The first-order valence-electron chi connectivity index (χ1n) is 10.2. The van der Waals surface area contributed by atoms with Crippen LogP contribution in [-0.4, -0.2) is 58.1 Å². The number of carbonyl (C=O) groups excluding carboxylic acids is 1. The van der Waals surface area contributed by atoms with E-state index in [0.717, 1.165) is 31.5 Å². The number of piperidine rings is 1. The second kappa shape index (κ2) is 7.76. The zero-order valence-corrected chi connectivity index (χ0v) is 16.9. The fourth-order valence-electron chi connectivity index (χ4n) is 4.24. The summed E-state index contributed by atoms with van der Waals surface area (Å²) in [4.78, 5) is 18.4. The van der Waals surface area contributed by atoms with Gasteiger partial charge in [0.25, 0.3) is 11.8 Å². The molecule has 4 rings (SSSR count). The zero-order valence-electron chi connectivity index (χ0n) is 16.9. The van der Waals surface area contributed by atoms with Gasteiger partial charge < -0.3 is 24.6 Å². The number of benzene rings is 1. The van der Waals surface area contributed by atoms with E-state index in [2.05, 4.69) is 20.4 Å². The van der Waals surface area contributed by atoms with Gasteiger partial charge in [-0.05, 0) is 37.1 Å². The van der Waals surface area contributed by atoms with Crippen LogP contribution >= 0.6 is 0 Å². The summed E-state index contributed by atoms with van der Waals surface area (Å²) in [6, 6.07) is 9.31. The Bertz CT molecular complexity index is 843. The van der Waals surface area contributed by atoms with Crippen molar-refractivity contribution >= 4 is 11.9 Å². The number of hydrogen-bond acceptors (Lipinski definition) is 7. The summed E-state index contributed by atoms with van der Waals surface area (Å²) in [6.07, 6.45) is 2.39. The minimum absolute atomic E-state index is 0.0732. The van der Waals surface area contributed by atoms with E-state index in [1.54, 1.807) is 13.8 Å². The van der Waals surface area contributed by atoms with Gasteiger partial charge >= 0.3 is 0 Å². The summed E-state index contributed by atoms with van der Waals surface area (Å²) in [5, 5.41) is 18.0. The molecule has 2 atom stereocenters. The summed E-state index contributed by atoms with van der Waals surface area (Å²) in [5.74, 6) is 1.01. The highest BCUT2D eigenvalue weighted by molar-refractivity contribution is 5.76. The summed E-state index contributed by atoms with van der Waals surface area (Å²) < 4.78 is 11.6. The van der Waals surface area contributed by atoms with Crippen molar-refractivity contribution in [3.8, 4) is 11.5 Å². The molecule has 0 unspecified atom stereocenters. The molecule has 0 aliphatic carbocycles. The third kappa shape index (κ3) is 4.13. The molecule has 2 fully saturated rings. The number of carbonyl (C=O) groups is 1. The van der Waals surface area contributed by atoms with E-state index in [9.17, 15) is 9.90 Å². The van der Waals surface area contributed by atoms with Gasteiger partial charge in [-0.2, -0.15) is 4.98 Å². The Labute approximate surface area is 170 Å². The van der Waals surface area contributed by atoms with Crippen LogP contribution in [0.1, 0.15) is 39.5 Å². The average Bonchev–Trinajstić information content (AvgIpc) is 3.21. The van der Waals surface area contributed by atoms with Crippen LogP contribution in [0.4, 0.5) is 5.95 Å². The number of amides is 1. The molecule has 2 aromatic rings. The molecule has 8 nitrogen and oxygen atoms in total. The average molecular weight is 400 g/mol. The zero-order chi connectivity index (χ0) is 20.5. The Morgan fingerprint density at radius 3 is 2.69 bits per heavy atom. The number of anilines is 1. The SMILES string of the molecule is CCC(=O)N[C@H]1COC2(CCN(c3noc(-c4ccccc4)n3)CC2)C[C@]1(C)O. The van der Waals surface area contributed by atoms with Crippen molar-refractivity contribution < 1.29 is 19.2 Å². The Morgan fingerprint density at radius 1 is 1.31 bits per heavy atom. The highest BCUT2D eigenvalue weighted by atomic mass is 16.5. The first kappa shape index (κ1) is 19.8. The monoisotopic (exact) mass is 400 g/mol. The maximum absolute atomic E-state index is 11.7. The van der Waals surface area contributed by atoms with E-state index in [1.807, 2.05) is 30.3 Å². The molecule has 156 valence electrons. The molecule has 2 saturated heterocycles. The lowest BCUT2D eigenvalue weighted by molar-refractivity contribution is -0.180. The summed E-state index contributed by atoms with van der Waals surface area (Å²) >= 11 is 0. The van der Waals surface area contributed by atoms with E-state index in [1.165, 1.54) is 0 Å². The number of aromatic nitrogens is 2. The minimum atomic E-state index is -1.00. The quantitative estimate of drug-likeness (QED) is 0.811. The van der Waals surface area contributed by atoms with Crippen LogP contribution in [0.5, 0.6) is 0 Å². The van der Waals surface area contributed by atoms with Crippen molar-refractivity contribution in [2.45, 2.75) is 56.8 Å². The molecule has 2 N–H and O–H groups in total. The second-order valence-electron chi connectivity index (χ2n) is 8.25. The molecule has 1 aromatic heterocycles. The molecule has 3 heterocycles. The van der Waals surface area contributed by atoms with Gasteiger partial charge in [0, 0.05) is 31.5 Å². The van der Waals surface area contributed by atoms with E-state index in [-0.39, 0.29) is 17.6 Å². The van der Waals surface area contributed by atoms with Crippen molar-refractivity contribution in [1.29, 1.82) is 0 Å². The predicted octanol–water partition coefficient (Wildman–Crippen LogP) is 2.14. The van der Waals surface area contributed by atoms with Gasteiger partial charge in [-0.3, -0.25) is 4.79 Å². The molecule has 2 aliphatic heterocycles. The third-order valence-electron chi connectivity index (χ3n) is 6.04. The first-order valence-corrected chi connectivity index (χ1v) is 10.2. The first-order chi connectivity index (χ1) is 13.9. The molecule has 1 spiro atoms. The molecule has 29 heavy (non-hydrogen) atoms.